The minimum atomic E-state index is -0.846. The van der Waals surface area contributed by atoms with Crippen LogP contribution in [0.3, 0.4) is 0 Å². The van der Waals surface area contributed by atoms with Crippen LogP contribution in [-0.4, -0.2) is 25.7 Å². The van der Waals surface area contributed by atoms with E-state index in [9.17, 15) is 4.79 Å². The van der Waals surface area contributed by atoms with Crippen LogP contribution < -0.4 is 5.32 Å². The van der Waals surface area contributed by atoms with Crippen molar-refractivity contribution in [3.63, 3.8) is 0 Å². The third-order valence-corrected chi connectivity index (χ3v) is 4.22. The van der Waals surface area contributed by atoms with Crippen LogP contribution in [0.4, 0.5) is 5.82 Å². The molecule has 0 spiro atoms. The van der Waals surface area contributed by atoms with Crippen molar-refractivity contribution in [1.29, 1.82) is 0 Å². The predicted molar refractivity (Wildman–Crippen MR) is 101 cm³/mol. The summed E-state index contributed by atoms with van der Waals surface area (Å²) < 4.78 is 6.94. The van der Waals surface area contributed by atoms with Crippen molar-refractivity contribution >= 4 is 23.3 Å². The van der Waals surface area contributed by atoms with Crippen LogP contribution in [0.2, 0.25) is 0 Å². The standard InChI is InChI=1S/C19H14ClN5O2/c20-17(13-6-2-1-3-7-13)19(26)23-15-12-16(25-10-5-9-21-25)24-18(22-15)14-8-4-11-27-14/h1-12,17H,(H,22,23,24,26). The van der Waals surface area contributed by atoms with Gasteiger partial charge in [-0.05, 0) is 23.8 Å². The summed E-state index contributed by atoms with van der Waals surface area (Å²) in [6.07, 6.45) is 4.91. The Morgan fingerprint density at radius 2 is 1.96 bits per heavy atom. The van der Waals surface area contributed by atoms with Gasteiger partial charge in [-0.2, -0.15) is 5.10 Å². The number of hydrogen-bond donors (Lipinski definition) is 1. The first-order valence-electron chi connectivity index (χ1n) is 8.13. The number of rotatable bonds is 5. The van der Waals surface area contributed by atoms with Crippen molar-refractivity contribution in [2.24, 2.45) is 0 Å². The lowest BCUT2D eigenvalue weighted by molar-refractivity contribution is -0.116. The third kappa shape index (κ3) is 3.73. The van der Waals surface area contributed by atoms with Gasteiger partial charge >= 0.3 is 0 Å². The molecule has 27 heavy (non-hydrogen) atoms. The number of anilines is 1. The van der Waals surface area contributed by atoms with E-state index in [0.717, 1.165) is 0 Å². The second-order valence-corrected chi connectivity index (χ2v) is 6.06. The molecule has 134 valence electrons. The first-order valence-corrected chi connectivity index (χ1v) is 8.57. The minimum absolute atomic E-state index is 0.300. The molecule has 1 N–H and O–H groups in total. The van der Waals surface area contributed by atoms with E-state index in [-0.39, 0.29) is 0 Å². The summed E-state index contributed by atoms with van der Waals surface area (Å²) in [5, 5.41) is 6.06. The highest BCUT2D eigenvalue weighted by Gasteiger charge is 2.19. The van der Waals surface area contributed by atoms with E-state index in [1.807, 2.05) is 18.2 Å². The molecule has 1 aromatic carbocycles. The van der Waals surface area contributed by atoms with Crippen LogP contribution in [0.1, 0.15) is 10.9 Å². The summed E-state index contributed by atoms with van der Waals surface area (Å²) in [5.74, 6) is 1.20. The highest BCUT2D eigenvalue weighted by Crippen LogP contribution is 2.24. The van der Waals surface area contributed by atoms with Crippen LogP contribution in [-0.2, 0) is 4.79 Å². The number of hydrogen-bond acceptors (Lipinski definition) is 5. The summed E-state index contributed by atoms with van der Waals surface area (Å²) in [7, 11) is 0. The van der Waals surface area contributed by atoms with Gasteiger partial charge in [0, 0.05) is 18.5 Å². The third-order valence-electron chi connectivity index (χ3n) is 3.77. The first kappa shape index (κ1) is 17.0. The van der Waals surface area contributed by atoms with Crippen molar-refractivity contribution in [2.75, 3.05) is 5.32 Å². The van der Waals surface area contributed by atoms with Gasteiger partial charge in [0.05, 0.1) is 6.26 Å². The topological polar surface area (TPSA) is 85.8 Å². The van der Waals surface area contributed by atoms with Crippen molar-refractivity contribution < 1.29 is 9.21 Å². The van der Waals surface area contributed by atoms with E-state index >= 15 is 0 Å². The van der Waals surface area contributed by atoms with Gasteiger partial charge in [0.2, 0.25) is 5.91 Å². The molecule has 1 atom stereocenters. The molecule has 4 aromatic rings. The molecule has 0 bridgehead atoms. The van der Waals surface area contributed by atoms with Crippen LogP contribution in [0.25, 0.3) is 17.4 Å². The SMILES string of the molecule is O=C(Nc1cc(-n2cccn2)nc(-c2ccco2)n1)C(Cl)c1ccccc1. The maximum Gasteiger partial charge on any atom is 0.248 e. The number of nitrogens with zero attached hydrogens (tertiary/aromatic N) is 4. The monoisotopic (exact) mass is 379 g/mol. The van der Waals surface area contributed by atoms with Crippen molar-refractivity contribution in [1.82, 2.24) is 19.7 Å². The van der Waals surface area contributed by atoms with Gasteiger partial charge in [-0.3, -0.25) is 4.79 Å². The van der Waals surface area contributed by atoms with Gasteiger partial charge in [0.1, 0.15) is 11.2 Å². The molecular formula is C19H14ClN5O2. The molecule has 0 aliphatic rings. The largest absolute Gasteiger partial charge is 0.461 e. The Hall–Kier alpha value is -3.45. The van der Waals surface area contributed by atoms with E-state index in [2.05, 4.69) is 20.4 Å². The molecule has 1 amide bonds. The minimum Gasteiger partial charge on any atom is -0.461 e. The lowest BCUT2D eigenvalue weighted by Crippen LogP contribution is -2.19. The number of alkyl halides is 1. The zero-order valence-corrected chi connectivity index (χ0v) is 14.7. The highest BCUT2D eigenvalue weighted by atomic mass is 35.5. The average molecular weight is 380 g/mol. The Morgan fingerprint density at radius 1 is 1.11 bits per heavy atom. The molecule has 4 rings (SSSR count). The molecule has 3 heterocycles. The normalized spacial score (nSPS) is 11.9. The number of halogens is 1. The Balaban J connectivity index is 1.66. The molecule has 0 saturated carbocycles. The van der Waals surface area contributed by atoms with Crippen molar-refractivity contribution in [2.45, 2.75) is 5.38 Å². The van der Waals surface area contributed by atoms with Crippen LogP contribution in [0, 0.1) is 0 Å². The lowest BCUT2D eigenvalue weighted by atomic mass is 10.1. The second-order valence-electron chi connectivity index (χ2n) is 5.63. The summed E-state index contributed by atoms with van der Waals surface area (Å²) in [5.41, 5.74) is 0.698. The maximum absolute atomic E-state index is 12.6. The molecule has 3 aromatic heterocycles. The zero-order valence-electron chi connectivity index (χ0n) is 14.0. The fourth-order valence-corrected chi connectivity index (χ4v) is 2.70. The highest BCUT2D eigenvalue weighted by molar-refractivity contribution is 6.32. The average Bonchev–Trinajstić information content (AvgIpc) is 3.41. The van der Waals surface area contributed by atoms with Gasteiger partial charge in [-0.15, -0.1) is 11.6 Å². The van der Waals surface area contributed by atoms with Crippen LogP contribution in [0.5, 0.6) is 0 Å². The van der Waals surface area contributed by atoms with E-state index in [1.54, 1.807) is 53.5 Å². The molecular weight excluding hydrogens is 366 g/mol. The number of carbonyl (C=O) groups is 1. The maximum atomic E-state index is 12.6. The van der Waals surface area contributed by atoms with Crippen molar-refractivity contribution in [3.8, 4) is 17.4 Å². The number of carbonyl (C=O) groups excluding carboxylic acids is 1. The number of benzene rings is 1. The number of furan rings is 1. The van der Waals surface area contributed by atoms with Gasteiger partial charge in [-0.25, -0.2) is 14.6 Å². The summed E-state index contributed by atoms with van der Waals surface area (Å²) in [4.78, 5) is 21.4. The molecule has 0 radical (unpaired) electrons. The Bertz CT molecular complexity index is 981. The van der Waals surface area contributed by atoms with Crippen LogP contribution >= 0.6 is 11.6 Å². The van der Waals surface area contributed by atoms with E-state index in [0.29, 0.717) is 28.8 Å². The first-order chi connectivity index (χ1) is 13.2. The predicted octanol–water partition coefficient (Wildman–Crippen LogP) is 3.84. The fraction of sp³-hybridized carbons (Fsp3) is 0.0526. The van der Waals surface area contributed by atoms with Gasteiger partial charge in [0.25, 0.3) is 0 Å². The molecule has 7 nitrogen and oxygen atoms in total. The van der Waals surface area contributed by atoms with Crippen LogP contribution in [0.15, 0.2) is 77.7 Å². The van der Waals surface area contributed by atoms with Gasteiger partial charge in [0.15, 0.2) is 17.4 Å². The number of nitrogens with one attached hydrogen (secondary N) is 1. The summed E-state index contributed by atoms with van der Waals surface area (Å²) in [6.45, 7) is 0. The summed E-state index contributed by atoms with van der Waals surface area (Å²) >= 11 is 6.29. The smallest absolute Gasteiger partial charge is 0.248 e. The van der Waals surface area contributed by atoms with E-state index < -0.39 is 11.3 Å². The second kappa shape index (κ2) is 7.43. The summed E-state index contributed by atoms with van der Waals surface area (Å²) in [6, 6.07) is 16.0. The zero-order chi connectivity index (χ0) is 18.6. The lowest BCUT2D eigenvalue weighted by Gasteiger charge is -2.12. The van der Waals surface area contributed by atoms with Gasteiger partial charge in [-0.1, -0.05) is 30.3 Å². The molecule has 0 aliphatic heterocycles. The van der Waals surface area contributed by atoms with Crippen molar-refractivity contribution in [3.05, 3.63) is 78.8 Å². The quantitative estimate of drug-likeness (QED) is 0.532. The Labute approximate surface area is 159 Å². The molecule has 1 unspecified atom stereocenters. The fourth-order valence-electron chi connectivity index (χ4n) is 2.50. The molecule has 0 aliphatic carbocycles. The number of aromatic nitrogens is 4. The Morgan fingerprint density at radius 3 is 2.67 bits per heavy atom. The Kier molecular flexibility index (Phi) is 4.67. The van der Waals surface area contributed by atoms with E-state index in [1.165, 1.54) is 6.26 Å². The molecule has 0 fully saturated rings. The van der Waals surface area contributed by atoms with E-state index in [4.69, 9.17) is 16.0 Å². The molecule has 0 saturated heterocycles. The molecule has 8 heteroatoms. The van der Waals surface area contributed by atoms with Gasteiger partial charge < -0.3 is 9.73 Å². The number of amides is 1.